The van der Waals surface area contributed by atoms with E-state index in [9.17, 15) is 9.59 Å². The Morgan fingerprint density at radius 2 is 1.71 bits per heavy atom. The van der Waals surface area contributed by atoms with Crippen molar-refractivity contribution in [2.45, 2.75) is 59.4 Å². The van der Waals surface area contributed by atoms with Crippen LogP contribution in [0.3, 0.4) is 0 Å². The van der Waals surface area contributed by atoms with Gasteiger partial charge < -0.3 is 10.6 Å². The zero-order valence-electron chi connectivity index (χ0n) is 13.8. The van der Waals surface area contributed by atoms with Crippen LogP contribution in [0, 0.1) is 5.92 Å². The van der Waals surface area contributed by atoms with Crippen molar-refractivity contribution < 1.29 is 14.4 Å². The molecule has 0 rings (SSSR count). The van der Waals surface area contributed by atoms with E-state index in [1.807, 2.05) is 13.8 Å². The lowest BCUT2D eigenvalue weighted by atomic mass is 10.1. The Balaban J connectivity index is 3.42. The molecule has 0 aromatic rings. The summed E-state index contributed by atoms with van der Waals surface area (Å²) in [4.78, 5) is 27.7. The molecule has 0 radical (unpaired) electrons. The molecule has 0 heterocycles. The van der Waals surface area contributed by atoms with Crippen LogP contribution >= 0.6 is 0 Å². The number of unbranched alkanes of at least 4 members (excludes halogenated alkanes) is 1. The van der Waals surface area contributed by atoms with Gasteiger partial charge in [0.2, 0.25) is 11.8 Å². The summed E-state index contributed by atoms with van der Waals surface area (Å²) in [5, 5.41) is 5.89. The highest BCUT2D eigenvalue weighted by atomic mass is 16.7. The lowest BCUT2D eigenvalue weighted by molar-refractivity contribution is -0.139. The van der Waals surface area contributed by atoms with Gasteiger partial charge in [0.15, 0.2) is 6.61 Å². The lowest BCUT2D eigenvalue weighted by Crippen LogP contribution is -2.35. The van der Waals surface area contributed by atoms with Gasteiger partial charge in [-0.1, -0.05) is 40.5 Å². The number of hydrogen-bond acceptors (Lipinski definition) is 4. The molecule has 124 valence electrons. The molecule has 0 spiro atoms. The Bertz CT molecular complexity index is 294. The van der Waals surface area contributed by atoms with E-state index in [4.69, 9.17) is 4.84 Å². The number of rotatable bonds is 12. The third-order valence-electron chi connectivity index (χ3n) is 2.82. The molecule has 0 saturated heterocycles. The summed E-state index contributed by atoms with van der Waals surface area (Å²) >= 11 is 0. The summed E-state index contributed by atoms with van der Waals surface area (Å²) in [5.74, 6) is 0.262. The zero-order valence-corrected chi connectivity index (χ0v) is 13.8. The molecule has 3 N–H and O–H groups in total. The Labute approximate surface area is 128 Å². The van der Waals surface area contributed by atoms with Crippen LogP contribution in [-0.2, 0) is 14.4 Å². The Morgan fingerprint density at radius 1 is 1.00 bits per heavy atom. The van der Waals surface area contributed by atoms with Crippen LogP contribution in [0.25, 0.3) is 0 Å². The molecule has 0 aromatic heterocycles. The van der Waals surface area contributed by atoms with Crippen molar-refractivity contribution in [2.24, 2.45) is 5.92 Å². The highest BCUT2D eigenvalue weighted by Crippen LogP contribution is 2.04. The largest absolute Gasteiger partial charge is 0.354 e. The molecule has 0 aliphatic rings. The number of nitrogens with one attached hydrogen (secondary N) is 3. The molecule has 0 aliphatic carbocycles. The highest BCUT2D eigenvalue weighted by molar-refractivity contribution is 5.78. The molecule has 0 aromatic carbocycles. The van der Waals surface area contributed by atoms with Gasteiger partial charge in [0.25, 0.3) is 0 Å². The van der Waals surface area contributed by atoms with Crippen LogP contribution in [0.1, 0.15) is 53.4 Å². The Morgan fingerprint density at radius 3 is 2.33 bits per heavy atom. The first kappa shape index (κ1) is 19.9. The monoisotopic (exact) mass is 301 g/mol. The fraction of sp³-hybridized carbons (Fsp3) is 0.867. The quantitative estimate of drug-likeness (QED) is 0.376. The van der Waals surface area contributed by atoms with Gasteiger partial charge in [0.05, 0.1) is 0 Å². The van der Waals surface area contributed by atoms with Crippen molar-refractivity contribution in [1.82, 2.24) is 16.1 Å². The van der Waals surface area contributed by atoms with Crippen molar-refractivity contribution in [3.63, 3.8) is 0 Å². The minimum absolute atomic E-state index is 0.145. The van der Waals surface area contributed by atoms with Gasteiger partial charge >= 0.3 is 0 Å². The molecule has 0 aliphatic heterocycles. The van der Waals surface area contributed by atoms with Crippen LogP contribution in [-0.4, -0.2) is 37.6 Å². The van der Waals surface area contributed by atoms with E-state index in [-0.39, 0.29) is 18.4 Å². The van der Waals surface area contributed by atoms with Crippen LogP contribution in [0.4, 0.5) is 0 Å². The first-order valence-electron chi connectivity index (χ1n) is 7.82. The van der Waals surface area contributed by atoms with Crippen molar-refractivity contribution in [2.75, 3.05) is 19.7 Å². The van der Waals surface area contributed by atoms with E-state index in [0.29, 0.717) is 31.5 Å². The number of carbonyl (C=O) groups is 2. The molecule has 6 heteroatoms. The minimum Gasteiger partial charge on any atom is -0.354 e. The molecule has 6 nitrogen and oxygen atoms in total. The van der Waals surface area contributed by atoms with Gasteiger partial charge in [-0.15, -0.1) is 0 Å². The molecule has 0 atom stereocenters. The maximum Gasteiger partial charge on any atom is 0.248 e. The second kappa shape index (κ2) is 12.6. The van der Waals surface area contributed by atoms with Gasteiger partial charge in [0.1, 0.15) is 0 Å². The van der Waals surface area contributed by atoms with Gasteiger partial charge in [-0.3, -0.25) is 14.4 Å². The topological polar surface area (TPSA) is 79.5 Å². The van der Waals surface area contributed by atoms with Crippen LogP contribution in [0.2, 0.25) is 0 Å². The number of hydroxylamine groups is 1. The third-order valence-corrected chi connectivity index (χ3v) is 2.82. The van der Waals surface area contributed by atoms with Gasteiger partial charge in [0, 0.05) is 25.6 Å². The molecule has 0 saturated carbocycles. The van der Waals surface area contributed by atoms with Crippen molar-refractivity contribution in [3.05, 3.63) is 0 Å². The lowest BCUT2D eigenvalue weighted by Gasteiger charge is -2.09. The molecule has 0 fully saturated rings. The van der Waals surface area contributed by atoms with Gasteiger partial charge in [-0.05, 0) is 12.3 Å². The average Bonchev–Trinajstić information content (AvgIpc) is 2.37. The minimum atomic E-state index is -0.229. The smallest absolute Gasteiger partial charge is 0.248 e. The summed E-state index contributed by atoms with van der Waals surface area (Å²) in [6, 6.07) is 0.347. The fourth-order valence-electron chi connectivity index (χ4n) is 1.66. The van der Waals surface area contributed by atoms with E-state index in [2.05, 4.69) is 30.0 Å². The summed E-state index contributed by atoms with van der Waals surface area (Å²) < 4.78 is 0. The first-order chi connectivity index (χ1) is 9.91. The van der Waals surface area contributed by atoms with E-state index >= 15 is 0 Å². The SMILES string of the molecule is CC(C)CCCCNC(=O)CONC(=O)CCNC(C)C. The maximum atomic E-state index is 11.4. The number of hydrogen-bond donors (Lipinski definition) is 3. The molecular formula is C15H31N3O3. The second-order valence-electron chi connectivity index (χ2n) is 5.91. The molecule has 0 bridgehead atoms. The van der Waals surface area contributed by atoms with E-state index in [1.165, 1.54) is 6.42 Å². The molecule has 21 heavy (non-hydrogen) atoms. The van der Waals surface area contributed by atoms with Crippen LogP contribution in [0.15, 0.2) is 0 Å². The van der Waals surface area contributed by atoms with Crippen molar-refractivity contribution >= 4 is 11.8 Å². The predicted octanol–water partition coefficient (Wildman–Crippen LogP) is 1.36. The van der Waals surface area contributed by atoms with E-state index in [0.717, 1.165) is 12.8 Å². The van der Waals surface area contributed by atoms with E-state index < -0.39 is 0 Å². The molecular weight excluding hydrogens is 270 g/mol. The molecule has 2 amide bonds. The summed E-state index contributed by atoms with van der Waals surface area (Å²) in [6.07, 6.45) is 3.58. The third kappa shape index (κ3) is 15.1. The fourth-order valence-corrected chi connectivity index (χ4v) is 1.66. The van der Waals surface area contributed by atoms with Gasteiger partial charge in [-0.2, -0.15) is 0 Å². The second-order valence-corrected chi connectivity index (χ2v) is 5.91. The standard InChI is InChI=1S/C15H31N3O3/c1-12(2)7-5-6-9-17-15(20)11-21-18-14(19)8-10-16-13(3)4/h12-13,16H,5-11H2,1-4H3,(H,17,20)(H,18,19). The Hall–Kier alpha value is -1.14. The highest BCUT2D eigenvalue weighted by Gasteiger charge is 2.05. The normalized spacial score (nSPS) is 11.0. The number of amides is 2. The van der Waals surface area contributed by atoms with E-state index in [1.54, 1.807) is 0 Å². The predicted molar refractivity (Wildman–Crippen MR) is 83.5 cm³/mol. The first-order valence-corrected chi connectivity index (χ1v) is 7.82. The maximum absolute atomic E-state index is 11.4. The Kier molecular flexibility index (Phi) is 11.9. The van der Waals surface area contributed by atoms with Crippen molar-refractivity contribution in [3.8, 4) is 0 Å². The summed E-state index contributed by atoms with van der Waals surface area (Å²) in [5.41, 5.74) is 2.26. The van der Waals surface area contributed by atoms with Crippen LogP contribution < -0.4 is 16.1 Å². The summed E-state index contributed by atoms with van der Waals surface area (Å²) in [7, 11) is 0. The summed E-state index contributed by atoms with van der Waals surface area (Å²) in [6.45, 7) is 9.50. The van der Waals surface area contributed by atoms with Gasteiger partial charge in [-0.25, -0.2) is 5.48 Å². The average molecular weight is 301 g/mol. The van der Waals surface area contributed by atoms with Crippen molar-refractivity contribution in [1.29, 1.82) is 0 Å². The zero-order chi connectivity index (χ0) is 16.1. The molecule has 0 unspecified atom stereocenters. The number of carbonyl (C=O) groups excluding carboxylic acids is 2. The van der Waals surface area contributed by atoms with Crippen LogP contribution in [0.5, 0.6) is 0 Å².